The predicted octanol–water partition coefficient (Wildman–Crippen LogP) is 10.6. The van der Waals surface area contributed by atoms with Crippen LogP contribution in [0.4, 0.5) is 0 Å². The number of carbonyl (C=O) groups excluding carboxylic acids is 2. The Balaban J connectivity index is 0.00000112. The number of benzene rings is 2. The smallest absolute Gasteiger partial charge is 0.550 e. The summed E-state index contributed by atoms with van der Waals surface area (Å²) in [5, 5.41) is 42.5. The number of hydrogen-bond donors (Lipinski definition) is 2. The fourth-order valence-corrected chi connectivity index (χ4v) is 7.20. The van der Waals surface area contributed by atoms with Crippen molar-refractivity contribution in [3.63, 3.8) is 0 Å². The first kappa shape index (κ1) is 57.8. The standard InChI is InChI=1S/2C25H42O4.Ba/c2*1-2-3-20-25(28,29-22-23-17-13-12-14-18-23)21-16-11-9-7-5-4-6-8-10-15-19-24(26)27;/h2*12-14,17-18,28H,2-11,15-16,19-22H2,1H3,(H,26,27);/q;;+2/p-2. The summed E-state index contributed by atoms with van der Waals surface area (Å²) in [5.74, 6) is -3.87. The van der Waals surface area contributed by atoms with E-state index in [2.05, 4.69) is 13.8 Å². The third-order valence-corrected chi connectivity index (χ3v) is 10.9. The summed E-state index contributed by atoms with van der Waals surface area (Å²) in [4.78, 5) is 20.7. The Kier molecular flexibility index (Phi) is 38.8. The van der Waals surface area contributed by atoms with Crippen molar-refractivity contribution in [2.45, 2.75) is 231 Å². The maximum atomic E-state index is 10.9. The van der Waals surface area contributed by atoms with Gasteiger partial charge in [0.2, 0.25) is 0 Å². The summed E-state index contributed by atoms with van der Waals surface area (Å²) >= 11 is 0. The van der Waals surface area contributed by atoms with E-state index in [0.29, 0.717) is 38.9 Å². The Morgan fingerprint density at radius 1 is 0.441 bits per heavy atom. The molecule has 0 heterocycles. The minimum absolute atomic E-state index is 0. The van der Waals surface area contributed by atoms with Crippen LogP contribution in [0.3, 0.4) is 0 Å². The van der Waals surface area contributed by atoms with E-state index in [1.807, 2.05) is 60.7 Å². The molecule has 0 aromatic heterocycles. The van der Waals surface area contributed by atoms with E-state index in [1.165, 1.54) is 64.2 Å². The zero-order chi connectivity index (χ0) is 42.4. The molecule has 0 fully saturated rings. The SMILES string of the molecule is CCCCC(O)(CCCCCCCCCCCCC(=O)[O-])OCc1ccccc1.CCCCC(O)(CCCCCCCCCCCCC(=O)[O-])OCc1ccccc1.[Ba+2]. The fraction of sp³-hybridized carbons (Fsp3) is 0.720. The van der Waals surface area contributed by atoms with E-state index < -0.39 is 23.5 Å². The quantitative estimate of drug-likeness (QED) is 0.0385. The van der Waals surface area contributed by atoms with Crippen LogP contribution in [0.1, 0.15) is 218 Å². The number of ether oxygens (including phenoxy) is 2. The topological polar surface area (TPSA) is 139 Å². The van der Waals surface area contributed by atoms with Crippen molar-refractivity contribution in [2.24, 2.45) is 0 Å². The molecule has 2 unspecified atom stereocenters. The molecular weight excluding hydrogens is 866 g/mol. The zero-order valence-electron chi connectivity index (χ0n) is 37.5. The number of aliphatic carboxylic acids is 2. The van der Waals surface area contributed by atoms with Crippen molar-refractivity contribution in [3.8, 4) is 0 Å². The normalized spacial score (nSPS) is 13.1. The molecule has 0 radical (unpaired) electrons. The predicted molar refractivity (Wildman–Crippen MR) is 238 cm³/mol. The van der Waals surface area contributed by atoms with Gasteiger partial charge < -0.3 is 39.5 Å². The monoisotopic (exact) mass is 949 g/mol. The van der Waals surface area contributed by atoms with Gasteiger partial charge >= 0.3 is 48.9 Å². The third kappa shape index (κ3) is 36.0. The van der Waals surface area contributed by atoms with Crippen LogP contribution in [0.5, 0.6) is 0 Å². The summed E-state index contributed by atoms with van der Waals surface area (Å²) in [5.41, 5.74) is 2.20. The Morgan fingerprint density at radius 2 is 0.695 bits per heavy atom. The molecule has 8 nitrogen and oxygen atoms in total. The van der Waals surface area contributed by atoms with E-state index >= 15 is 0 Å². The molecule has 332 valence electrons. The van der Waals surface area contributed by atoms with Crippen LogP contribution in [0.25, 0.3) is 0 Å². The second kappa shape index (κ2) is 39.6. The fourth-order valence-electron chi connectivity index (χ4n) is 7.20. The molecule has 0 amide bonds. The summed E-state index contributed by atoms with van der Waals surface area (Å²) < 4.78 is 11.9. The van der Waals surface area contributed by atoms with E-state index in [-0.39, 0.29) is 61.7 Å². The van der Waals surface area contributed by atoms with Gasteiger partial charge in [-0.2, -0.15) is 0 Å². The van der Waals surface area contributed by atoms with E-state index in [0.717, 1.165) is 101 Å². The van der Waals surface area contributed by atoms with Gasteiger partial charge in [0.15, 0.2) is 11.6 Å². The molecule has 0 aliphatic carbocycles. The van der Waals surface area contributed by atoms with Crippen LogP contribution in [0, 0.1) is 0 Å². The number of carbonyl (C=O) groups is 2. The van der Waals surface area contributed by atoms with Crippen LogP contribution in [0.2, 0.25) is 0 Å². The molecule has 0 saturated heterocycles. The summed E-state index contributed by atoms with van der Waals surface area (Å²) in [6, 6.07) is 20.1. The maximum Gasteiger partial charge on any atom is 2.00 e. The zero-order valence-corrected chi connectivity index (χ0v) is 41.9. The number of carboxylic acids is 2. The number of aliphatic hydroxyl groups is 2. The van der Waals surface area contributed by atoms with Crippen LogP contribution >= 0.6 is 0 Å². The van der Waals surface area contributed by atoms with Crippen LogP contribution in [-0.4, -0.2) is 82.6 Å². The van der Waals surface area contributed by atoms with Crippen molar-refractivity contribution in [2.75, 3.05) is 0 Å². The second-order valence-electron chi connectivity index (χ2n) is 16.5. The third-order valence-electron chi connectivity index (χ3n) is 10.9. The summed E-state index contributed by atoms with van der Waals surface area (Å²) in [6.45, 7) is 5.20. The van der Waals surface area contributed by atoms with Gasteiger partial charge in [0.25, 0.3) is 0 Å². The van der Waals surface area contributed by atoms with Gasteiger partial charge in [0, 0.05) is 37.6 Å². The van der Waals surface area contributed by atoms with Crippen molar-refractivity contribution < 1.29 is 39.5 Å². The molecule has 9 heteroatoms. The summed E-state index contributed by atoms with van der Waals surface area (Å²) in [7, 11) is 0. The number of rotatable bonds is 38. The molecule has 2 N–H and O–H groups in total. The molecule has 2 atom stereocenters. The van der Waals surface area contributed by atoms with Crippen molar-refractivity contribution in [1.82, 2.24) is 0 Å². The molecule has 0 aliphatic rings. The van der Waals surface area contributed by atoms with E-state index in [9.17, 15) is 30.0 Å². The van der Waals surface area contributed by atoms with Crippen molar-refractivity contribution in [3.05, 3.63) is 71.8 Å². The van der Waals surface area contributed by atoms with E-state index in [1.54, 1.807) is 0 Å². The Hall–Kier alpha value is -1.21. The molecule has 2 aromatic rings. The van der Waals surface area contributed by atoms with Gasteiger partial charge in [0.05, 0.1) is 13.2 Å². The number of unbranched alkanes of at least 4 members (excludes halogenated alkanes) is 20. The Morgan fingerprint density at radius 3 is 0.966 bits per heavy atom. The van der Waals surface area contributed by atoms with Gasteiger partial charge in [0.1, 0.15) is 0 Å². The molecule has 0 saturated carbocycles. The molecule has 0 bridgehead atoms. The van der Waals surface area contributed by atoms with Crippen LogP contribution in [-0.2, 0) is 32.3 Å². The number of carboxylic acid groups (broad SMARTS) is 2. The van der Waals surface area contributed by atoms with Crippen LogP contribution < -0.4 is 10.2 Å². The number of hydrogen-bond acceptors (Lipinski definition) is 8. The molecule has 0 aliphatic heterocycles. The van der Waals surface area contributed by atoms with Gasteiger partial charge in [-0.15, -0.1) is 0 Å². The first-order valence-corrected chi connectivity index (χ1v) is 23.3. The molecule has 2 rings (SSSR count). The van der Waals surface area contributed by atoms with E-state index in [4.69, 9.17) is 9.47 Å². The van der Waals surface area contributed by atoms with Crippen molar-refractivity contribution in [1.29, 1.82) is 0 Å². The van der Waals surface area contributed by atoms with Crippen LogP contribution in [0.15, 0.2) is 60.7 Å². The molecule has 0 spiro atoms. The molecule has 59 heavy (non-hydrogen) atoms. The Labute approximate surface area is 400 Å². The maximum absolute atomic E-state index is 10.9. The Bertz CT molecular complexity index is 1140. The summed E-state index contributed by atoms with van der Waals surface area (Å²) in [6.07, 6.45) is 29.5. The molecular formula is C50H82BaO8. The molecule has 2 aromatic carbocycles. The minimum atomic E-state index is -1.00. The van der Waals surface area contributed by atoms with Gasteiger partial charge in [-0.3, -0.25) is 0 Å². The van der Waals surface area contributed by atoms with Gasteiger partial charge in [-0.1, -0.05) is 190 Å². The van der Waals surface area contributed by atoms with Gasteiger partial charge in [-0.25, -0.2) is 0 Å². The second-order valence-corrected chi connectivity index (χ2v) is 16.5. The average molecular weight is 949 g/mol. The van der Waals surface area contributed by atoms with Gasteiger partial charge in [-0.05, 0) is 62.5 Å². The average Bonchev–Trinajstić information content (AvgIpc) is 3.22. The largest absolute Gasteiger partial charge is 2.00 e. The first-order valence-electron chi connectivity index (χ1n) is 23.3. The minimum Gasteiger partial charge on any atom is -0.550 e. The first-order chi connectivity index (χ1) is 28.1. The van der Waals surface area contributed by atoms with Crippen molar-refractivity contribution >= 4 is 60.8 Å².